The molecule has 0 amide bonds. The van der Waals surface area contributed by atoms with Crippen molar-refractivity contribution in [3.05, 3.63) is 11.6 Å². The Morgan fingerprint density at radius 2 is 2.23 bits per heavy atom. The molecule has 0 aliphatic heterocycles. The second-order valence-electron chi connectivity index (χ2n) is 4.08. The predicted octanol–water partition coefficient (Wildman–Crippen LogP) is 3.49. The van der Waals surface area contributed by atoms with Gasteiger partial charge in [-0.2, -0.15) is 0 Å². The number of carbonyl (C=O) groups is 1. The fourth-order valence-electron chi connectivity index (χ4n) is 1.90. The monoisotopic (exact) mass is 180 g/mol. The van der Waals surface area contributed by atoms with Gasteiger partial charge in [-0.15, -0.1) is 0 Å². The zero-order chi connectivity index (χ0) is 9.68. The van der Waals surface area contributed by atoms with E-state index in [-0.39, 0.29) is 0 Å². The lowest BCUT2D eigenvalue weighted by Crippen LogP contribution is -2.08. The Hall–Kier alpha value is -0.590. The van der Waals surface area contributed by atoms with Gasteiger partial charge in [0.15, 0.2) is 5.78 Å². The maximum atomic E-state index is 11.2. The van der Waals surface area contributed by atoms with Gasteiger partial charge in [-0.25, -0.2) is 0 Å². The molecule has 0 heterocycles. The summed E-state index contributed by atoms with van der Waals surface area (Å²) in [5, 5.41) is 0. The highest BCUT2D eigenvalue weighted by Crippen LogP contribution is 2.25. The van der Waals surface area contributed by atoms with Crippen molar-refractivity contribution in [2.75, 3.05) is 0 Å². The Balaban J connectivity index is 2.45. The molecule has 0 aromatic rings. The van der Waals surface area contributed by atoms with Gasteiger partial charge >= 0.3 is 0 Å². The van der Waals surface area contributed by atoms with Crippen LogP contribution in [0.25, 0.3) is 0 Å². The molecule has 0 N–H and O–H groups in total. The Bertz CT molecular complexity index is 203. The molecule has 1 unspecified atom stereocenters. The van der Waals surface area contributed by atoms with Gasteiger partial charge in [-0.3, -0.25) is 4.79 Å². The van der Waals surface area contributed by atoms with Crippen molar-refractivity contribution in [2.45, 2.75) is 52.4 Å². The molecule has 13 heavy (non-hydrogen) atoms. The van der Waals surface area contributed by atoms with E-state index in [1.807, 2.05) is 6.08 Å². The van der Waals surface area contributed by atoms with Crippen LogP contribution in [0.15, 0.2) is 11.6 Å². The third-order valence-electron chi connectivity index (χ3n) is 2.86. The quantitative estimate of drug-likeness (QED) is 0.647. The maximum Gasteiger partial charge on any atom is 0.155 e. The minimum absolute atomic E-state index is 0.338. The van der Waals surface area contributed by atoms with Crippen LogP contribution in [0.2, 0.25) is 0 Å². The Kier molecular flexibility index (Phi) is 4.20. The molecule has 0 saturated carbocycles. The van der Waals surface area contributed by atoms with Gasteiger partial charge in [0, 0.05) is 6.42 Å². The molecule has 0 aromatic carbocycles. The first-order valence-corrected chi connectivity index (χ1v) is 5.47. The van der Waals surface area contributed by atoms with Crippen LogP contribution in [0, 0.1) is 5.92 Å². The van der Waals surface area contributed by atoms with Gasteiger partial charge < -0.3 is 0 Å². The summed E-state index contributed by atoms with van der Waals surface area (Å²) in [6, 6.07) is 0. The summed E-state index contributed by atoms with van der Waals surface area (Å²) in [7, 11) is 0. The summed E-state index contributed by atoms with van der Waals surface area (Å²) < 4.78 is 0. The molecule has 1 aliphatic carbocycles. The average molecular weight is 180 g/mol. The van der Waals surface area contributed by atoms with Crippen molar-refractivity contribution in [1.82, 2.24) is 0 Å². The summed E-state index contributed by atoms with van der Waals surface area (Å²) in [6.45, 7) is 4.47. The van der Waals surface area contributed by atoms with Gasteiger partial charge in [0.2, 0.25) is 0 Å². The predicted molar refractivity (Wildman–Crippen MR) is 55.6 cm³/mol. The topological polar surface area (TPSA) is 17.1 Å². The fraction of sp³-hybridized carbons (Fsp3) is 0.750. The minimum atomic E-state index is 0.338. The third-order valence-corrected chi connectivity index (χ3v) is 2.86. The van der Waals surface area contributed by atoms with Crippen LogP contribution >= 0.6 is 0 Å². The normalized spacial score (nSPS) is 19.8. The van der Waals surface area contributed by atoms with Crippen molar-refractivity contribution in [3.63, 3.8) is 0 Å². The first-order valence-electron chi connectivity index (χ1n) is 5.47. The number of ketones is 1. The molecule has 1 nitrogen and oxygen atoms in total. The van der Waals surface area contributed by atoms with Crippen LogP contribution in [0.1, 0.15) is 52.4 Å². The molecule has 1 rings (SSSR count). The van der Waals surface area contributed by atoms with Gasteiger partial charge in [0.1, 0.15) is 0 Å². The van der Waals surface area contributed by atoms with E-state index in [1.54, 1.807) is 0 Å². The molecule has 0 radical (unpaired) electrons. The lowest BCUT2D eigenvalue weighted by Gasteiger charge is -2.18. The van der Waals surface area contributed by atoms with Crippen LogP contribution in [0.3, 0.4) is 0 Å². The molecule has 0 spiro atoms. The van der Waals surface area contributed by atoms with Crippen LogP contribution in [0.4, 0.5) is 0 Å². The van der Waals surface area contributed by atoms with Crippen LogP contribution in [-0.2, 0) is 4.79 Å². The van der Waals surface area contributed by atoms with Crippen LogP contribution < -0.4 is 0 Å². The highest BCUT2D eigenvalue weighted by molar-refractivity contribution is 5.91. The lowest BCUT2D eigenvalue weighted by molar-refractivity contribution is -0.115. The van der Waals surface area contributed by atoms with E-state index in [9.17, 15) is 4.79 Å². The Morgan fingerprint density at radius 1 is 1.46 bits per heavy atom. The number of allylic oxidation sites excluding steroid dienone is 2. The SMILES string of the molecule is CCCCC(C)C1=CC(=O)CCC1. The van der Waals surface area contributed by atoms with E-state index >= 15 is 0 Å². The van der Waals surface area contributed by atoms with Crippen molar-refractivity contribution >= 4 is 5.78 Å². The molecule has 0 saturated heterocycles. The zero-order valence-corrected chi connectivity index (χ0v) is 8.81. The molecule has 0 bridgehead atoms. The summed E-state index contributed by atoms with van der Waals surface area (Å²) in [5.41, 5.74) is 1.39. The van der Waals surface area contributed by atoms with Gasteiger partial charge in [-0.1, -0.05) is 32.3 Å². The van der Waals surface area contributed by atoms with Gasteiger partial charge in [0.25, 0.3) is 0 Å². The highest BCUT2D eigenvalue weighted by Gasteiger charge is 2.14. The third kappa shape index (κ3) is 3.33. The van der Waals surface area contributed by atoms with Crippen molar-refractivity contribution in [1.29, 1.82) is 0 Å². The summed E-state index contributed by atoms with van der Waals surface area (Å²) >= 11 is 0. The molecule has 1 heteroatoms. The van der Waals surface area contributed by atoms with Crippen molar-refractivity contribution < 1.29 is 4.79 Å². The van der Waals surface area contributed by atoms with E-state index in [1.165, 1.54) is 24.8 Å². The summed E-state index contributed by atoms with van der Waals surface area (Å²) in [5.74, 6) is 0.966. The number of hydrogen-bond acceptors (Lipinski definition) is 1. The smallest absolute Gasteiger partial charge is 0.155 e. The minimum Gasteiger partial charge on any atom is -0.295 e. The average Bonchev–Trinajstić information content (AvgIpc) is 2.14. The van der Waals surface area contributed by atoms with Crippen molar-refractivity contribution in [3.8, 4) is 0 Å². The van der Waals surface area contributed by atoms with E-state index in [2.05, 4.69) is 13.8 Å². The number of rotatable bonds is 4. The zero-order valence-electron chi connectivity index (χ0n) is 8.81. The van der Waals surface area contributed by atoms with Crippen molar-refractivity contribution in [2.24, 2.45) is 5.92 Å². The van der Waals surface area contributed by atoms with E-state index < -0.39 is 0 Å². The van der Waals surface area contributed by atoms with E-state index in [4.69, 9.17) is 0 Å². The molecule has 0 aromatic heterocycles. The second-order valence-corrected chi connectivity index (χ2v) is 4.08. The largest absolute Gasteiger partial charge is 0.295 e. The van der Waals surface area contributed by atoms with Gasteiger partial charge in [0.05, 0.1) is 0 Å². The lowest BCUT2D eigenvalue weighted by atomic mass is 9.87. The van der Waals surface area contributed by atoms with E-state index in [0.29, 0.717) is 11.7 Å². The maximum absolute atomic E-state index is 11.2. The molecule has 0 fully saturated rings. The first-order chi connectivity index (χ1) is 6.24. The standard InChI is InChI=1S/C12H20O/c1-3-4-6-10(2)11-7-5-8-12(13)9-11/h9-10H,3-8H2,1-2H3. The molecule has 74 valence electrons. The number of carbonyl (C=O) groups excluding carboxylic acids is 1. The first kappa shape index (κ1) is 10.5. The fourth-order valence-corrected chi connectivity index (χ4v) is 1.90. The number of unbranched alkanes of at least 4 members (excludes halogenated alkanes) is 1. The second kappa shape index (κ2) is 5.21. The molecular formula is C12H20O. The Labute approximate surface area is 81.2 Å². The van der Waals surface area contributed by atoms with E-state index in [0.717, 1.165) is 19.3 Å². The summed E-state index contributed by atoms with van der Waals surface area (Å²) in [6.07, 6.45) is 8.67. The molecule has 1 atom stereocenters. The van der Waals surface area contributed by atoms with Crippen LogP contribution in [0.5, 0.6) is 0 Å². The van der Waals surface area contributed by atoms with Gasteiger partial charge in [-0.05, 0) is 31.3 Å². The Morgan fingerprint density at radius 3 is 2.85 bits per heavy atom. The highest BCUT2D eigenvalue weighted by atomic mass is 16.1. The number of hydrogen-bond donors (Lipinski definition) is 0. The van der Waals surface area contributed by atoms with Crippen LogP contribution in [-0.4, -0.2) is 5.78 Å². The summed E-state index contributed by atoms with van der Waals surface area (Å²) in [4.78, 5) is 11.2. The molecule has 1 aliphatic rings. The molecular weight excluding hydrogens is 160 g/mol.